The Hall–Kier alpha value is -9.96. The zero-order valence-corrected chi connectivity index (χ0v) is 64.5. The molecule has 5 aliphatic carbocycles. The highest BCUT2D eigenvalue weighted by Crippen LogP contribution is 2.63. The average Bonchev–Trinajstić information content (AvgIpc) is 1.54. The molecule has 0 fully saturated rings. The molecular formula is C103H99NO2. The number of hydrogen-bond acceptors (Lipinski definition) is 3. The lowest BCUT2D eigenvalue weighted by atomic mass is 9.70. The highest BCUT2D eigenvalue weighted by molar-refractivity contribution is 6.19. The van der Waals surface area contributed by atoms with E-state index in [1.165, 1.54) is 221 Å². The number of furan rings is 2. The fraction of sp³-hybridized carbons (Fsp3) is 0.301. The molecule has 14 aromatic rings. The van der Waals surface area contributed by atoms with Crippen LogP contribution in [-0.2, 0) is 32.5 Å². The molecule has 0 saturated carbocycles. The molecule has 106 heavy (non-hydrogen) atoms. The van der Waals surface area contributed by atoms with Gasteiger partial charge in [0.05, 0.1) is 0 Å². The molecule has 0 amide bonds. The van der Waals surface area contributed by atoms with Crippen LogP contribution in [0.5, 0.6) is 0 Å². The van der Waals surface area contributed by atoms with Gasteiger partial charge in [0.15, 0.2) is 0 Å². The molecule has 12 aromatic carbocycles. The van der Waals surface area contributed by atoms with E-state index in [0.29, 0.717) is 0 Å². The number of benzene rings is 12. The molecule has 0 bridgehead atoms. The number of rotatable bonds is 17. The van der Waals surface area contributed by atoms with E-state index in [1.54, 1.807) is 11.1 Å². The van der Waals surface area contributed by atoms with Crippen molar-refractivity contribution in [2.75, 3.05) is 4.90 Å². The summed E-state index contributed by atoms with van der Waals surface area (Å²) >= 11 is 0. The first kappa shape index (κ1) is 66.7. The summed E-state index contributed by atoms with van der Waals surface area (Å²) < 4.78 is 13.8. The summed E-state index contributed by atoms with van der Waals surface area (Å²) in [5.74, 6) is 0. The summed E-state index contributed by atoms with van der Waals surface area (Å²) in [6, 6.07) is 85.0. The maximum absolute atomic E-state index is 7.25. The van der Waals surface area contributed by atoms with Crippen LogP contribution in [0.2, 0.25) is 0 Å². The third kappa shape index (κ3) is 9.68. The topological polar surface area (TPSA) is 29.5 Å². The zero-order valence-electron chi connectivity index (χ0n) is 64.5. The molecule has 3 nitrogen and oxygen atoms in total. The van der Waals surface area contributed by atoms with Gasteiger partial charge >= 0.3 is 0 Å². The lowest BCUT2D eigenvalue weighted by molar-refractivity contribution is 0.399. The summed E-state index contributed by atoms with van der Waals surface area (Å²) in [6.45, 7) is 31.3. The van der Waals surface area contributed by atoms with Crippen molar-refractivity contribution < 1.29 is 8.83 Å². The summed E-state index contributed by atoms with van der Waals surface area (Å²) in [6.07, 6.45) is 15.4. The van der Waals surface area contributed by atoms with Crippen LogP contribution < -0.4 is 4.90 Å². The summed E-state index contributed by atoms with van der Waals surface area (Å²) in [4.78, 5) is 2.57. The van der Waals surface area contributed by atoms with Gasteiger partial charge in [-0.15, -0.1) is 0 Å². The lowest BCUT2D eigenvalue weighted by Crippen LogP contribution is -2.25. The van der Waals surface area contributed by atoms with E-state index in [9.17, 15) is 0 Å². The van der Waals surface area contributed by atoms with Crippen LogP contribution in [0.1, 0.15) is 228 Å². The van der Waals surface area contributed by atoms with Crippen molar-refractivity contribution in [1.82, 2.24) is 0 Å². The second-order valence-corrected chi connectivity index (χ2v) is 35.4. The van der Waals surface area contributed by atoms with Crippen LogP contribution >= 0.6 is 0 Å². The average molecular weight is 1380 g/mol. The number of nitrogens with zero attached hydrogens (tertiary/aromatic N) is 1. The molecule has 0 unspecified atom stereocenters. The molecule has 0 saturated heterocycles. The van der Waals surface area contributed by atoms with E-state index in [1.807, 2.05) is 0 Å². The van der Waals surface area contributed by atoms with Crippen LogP contribution in [0.3, 0.4) is 0 Å². The number of anilines is 3. The third-order valence-electron chi connectivity index (χ3n) is 26.7. The monoisotopic (exact) mass is 1380 g/mol. The van der Waals surface area contributed by atoms with Crippen molar-refractivity contribution in [3.8, 4) is 77.9 Å². The van der Waals surface area contributed by atoms with E-state index in [-0.39, 0.29) is 32.5 Å². The molecular weight excluding hydrogens is 1280 g/mol. The fourth-order valence-electron chi connectivity index (χ4n) is 21.0. The maximum atomic E-state index is 7.25. The van der Waals surface area contributed by atoms with Crippen molar-refractivity contribution in [2.45, 2.75) is 200 Å². The SMILES string of the molecule is CCCCCCCC1(CCCCCCC)c2ccccc2-c2ccc(-c3ccc4c(c3)C(C)(C)c3cc(-c5cc6c(c7c5oc5ccccc57)-c5ccc(N(c7ccc8c(c7)C(C)(C)c7cc9c(cc7-8)C(C)(C)c7ccc8oc%10ccccc%10c8c7-9)c7ccccc7C(C)(C)C)cc5C6(C)C)ccc3-4)cc21. The first-order valence-corrected chi connectivity index (χ1v) is 40.0. The van der Waals surface area contributed by atoms with Crippen molar-refractivity contribution in [3.05, 3.63) is 280 Å². The normalized spacial score (nSPS) is 15.9. The van der Waals surface area contributed by atoms with Crippen molar-refractivity contribution in [1.29, 1.82) is 0 Å². The minimum absolute atomic E-state index is 0.0321. The first-order valence-electron chi connectivity index (χ1n) is 40.0. The van der Waals surface area contributed by atoms with Crippen LogP contribution in [0.15, 0.2) is 227 Å². The Labute approximate surface area is 627 Å². The smallest absolute Gasteiger partial charge is 0.143 e. The molecule has 2 aromatic heterocycles. The van der Waals surface area contributed by atoms with Crippen LogP contribution in [0, 0.1) is 0 Å². The van der Waals surface area contributed by atoms with Crippen LogP contribution in [0.25, 0.3) is 122 Å². The second kappa shape index (κ2) is 24.0. The summed E-state index contributed by atoms with van der Waals surface area (Å²) in [5.41, 5.74) is 39.6. The van der Waals surface area contributed by atoms with Gasteiger partial charge in [0.2, 0.25) is 0 Å². The summed E-state index contributed by atoms with van der Waals surface area (Å²) in [5, 5.41) is 4.75. The van der Waals surface area contributed by atoms with Crippen molar-refractivity contribution >= 4 is 60.9 Å². The molecule has 0 radical (unpaired) electrons. The van der Waals surface area contributed by atoms with Crippen molar-refractivity contribution in [3.63, 3.8) is 0 Å². The molecule has 2 heterocycles. The Bertz CT molecular complexity index is 5980. The molecule has 528 valence electrons. The van der Waals surface area contributed by atoms with Gasteiger partial charge in [-0.1, -0.05) is 288 Å². The van der Waals surface area contributed by atoms with Crippen molar-refractivity contribution in [2.24, 2.45) is 0 Å². The van der Waals surface area contributed by atoms with Crippen LogP contribution in [-0.4, -0.2) is 0 Å². The van der Waals surface area contributed by atoms with E-state index in [0.717, 1.165) is 44.7 Å². The minimum Gasteiger partial charge on any atom is -0.456 e. The molecule has 5 aliphatic rings. The molecule has 0 aliphatic heterocycles. The summed E-state index contributed by atoms with van der Waals surface area (Å²) in [7, 11) is 0. The first-order chi connectivity index (χ1) is 51.1. The third-order valence-corrected chi connectivity index (χ3v) is 26.7. The lowest BCUT2D eigenvalue weighted by Gasteiger charge is -2.33. The second-order valence-electron chi connectivity index (χ2n) is 35.4. The number of hydrogen-bond donors (Lipinski definition) is 0. The Morgan fingerprint density at radius 1 is 0.311 bits per heavy atom. The van der Waals surface area contributed by atoms with Gasteiger partial charge in [-0.25, -0.2) is 0 Å². The molecule has 0 atom stereocenters. The minimum atomic E-state index is -0.383. The Morgan fingerprint density at radius 3 is 1.43 bits per heavy atom. The van der Waals surface area contributed by atoms with Gasteiger partial charge in [-0.2, -0.15) is 0 Å². The predicted octanol–water partition coefficient (Wildman–Crippen LogP) is 29.8. The molecule has 0 spiro atoms. The van der Waals surface area contributed by atoms with Gasteiger partial charge in [0, 0.05) is 71.2 Å². The highest BCUT2D eigenvalue weighted by atomic mass is 16.3. The highest BCUT2D eigenvalue weighted by Gasteiger charge is 2.47. The van der Waals surface area contributed by atoms with E-state index < -0.39 is 0 Å². The quantitative estimate of drug-likeness (QED) is 0.0851. The van der Waals surface area contributed by atoms with Gasteiger partial charge in [-0.3, -0.25) is 0 Å². The maximum Gasteiger partial charge on any atom is 0.143 e. The molecule has 3 heteroatoms. The fourth-order valence-corrected chi connectivity index (χ4v) is 21.0. The van der Waals surface area contributed by atoms with E-state index in [4.69, 9.17) is 8.83 Å². The molecule has 19 rings (SSSR count). The van der Waals surface area contributed by atoms with Gasteiger partial charge < -0.3 is 13.7 Å². The Balaban J connectivity index is 0.694. The zero-order chi connectivity index (χ0) is 72.7. The number of fused-ring (bicyclic) bond motifs is 23. The van der Waals surface area contributed by atoms with Crippen LogP contribution in [0.4, 0.5) is 17.1 Å². The van der Waals surface area contributed by atoms with E-state index >= 15 is 0 Å². The number of unbranched alkanes of at least 4 members (excludes halogenated alkanes) is 8. The standard InChI is InChI=1S/C103H99NO2/c1-14-16-18-20-30-52-103(53-31-21-19-17-15-2)78-35-25-22-32-67(78)70-46-41-63(55-87(70)103)62-40-45-68-69-47-42-64(56-82(69)100(8,9)81(68)54-62)75-59-88-93(96-74-34-24-29-39-91(74)106-97(75)96)72-49-44-66(58-84(72)102(88,12)13)104(89-37-27-26-36-79(89)98(3,4)5)65-43-48-71-76-60-86-77(61-85(76)101(10,11)83(71)57-65)94-80(99(86,6)7)50-51-92-95(94)73-33-23-28-38-90(73)105-92/h22-29,32-51,54-61H,14-21,30-31,52-53H2,1-13H3. The Kier molecular flexibility index (Phi) is 15.1. The van der Waals surface area contributed by atoms with Gasteiger partial charge in [0.25, 0.3) is 0 Å². The molecule has 0 N–H and O–H groups in total. The van der Waals surface area contributed by atoms with Gasteiger partial charge in [0.1, 0.15) is 22.3 Å². The Morgan fingerprint density at radius 2 is 0.764 bits per heavy atom. The van der Waals surface area contributed by atoms with Gasteiger partial charge in [-0.05, 0) is 237 Å². The number of para-hydroxylation sites is 3. The largest absolute Gasteiger partial charge is 0.456 e. The predicted molar refractivity (Wildman–Crippen MR) is 448 cm³/mol. The van der Waals surface area contributed by atoms with E-state index in [2.05, 4.69) is 313 Å².